The molecule has 0 atom stereocenters. The van der Waals surface area contributed by atoms with Crippen LogP contribution >= 0.6 is 11.6 Å². The van der Waals surface area contributed by atoms with Gasteiger partial charge in [0.2, 0.25) is 0 Å². The Morgan fingerprint density at radius 3 is 2.21 bits per heavy atom. The van der Waals surface area contributed by atoms with Gasteiger partial charge in [-0.05, 0) is 42.5 Å². The fourth-order valence-corrected chi connectivity index (χ4v) is 4.35. The maximum atomic E-state index is 13.0. The summed E-state index contributed by atoms with van der Waals surface area (Å²) in [6.45, 7) is 0.0124. The second-order valence-corrected chi connectivity index (χ2v) is 8.09. The van der Waals surface area contributed by atoms with Crippen LogP contribution in [0.1, 0.15) is 10.4 Å². The van der Waals surface area contributed by atoms with Crippen LogP contribution in [-0.2, 0) is 9.84 Å². The standard InChI is InChI=1S/C16H12ClF2NO3S/c17-15-7-11(19)3-6-14(15)16(21)20-8-13(9-20)24(22,23)12-4-1-10(18)2-5-12/h1-7,13H,8-9H2. The summed E-state index contributed by atoms with van der Waals surface area (Å²) < 4.78 is 50.7. The molecule has 0 aromatic heterocycles. The van der Waals surface area contributed by atoms with Crippen molar-refractivity contribution < 1.29 is 22.0 Å². The Balaban J connectivity index is 1.72. The van der Waals surface area contributed by atoms with Crippen LogP contribution in [0.25, 0.3) is 0 Å². The highest BCUT2D eigenvalue weighted by molar-refractivity contribution is 7.92. The topological polar surface area (TPSA) is 54.5 Å². The minimum absolute atomic E-state index is 0.00620. The number of likely N-dealkylation sites (tertiary alicyclic amines) is 1. The number of amides is 1. The first-order valence-electron chi connectivity index (χ1n) is 7.03. The number of halogens is 3. The molecule has 0 unspecified atom stereocenters. The SMILES string of the molecule is O=C(c1ccc(F)cc1Cl)N1CC(S(=O)(=O)c2ccc(F)cc2)C1. The van der Waals surface area contributed by atoms with Crippen LogP contribution in [0.4, 0.5) is 8.78 Å². The number of benzene rings is 2. The molecule has 0 aliphatic carbocycles. The lowest BCUT2D eigenvalue weighted by molar-refractivity contribution is 0.0659. The molecular formula is C16H12ClF2NO3S. The summed E-state index contributed by atoms with van der Waals surface area (Å²) in [5.41, 5.74) is 0.121. The minimum atomic E-state index is -3.64. The van der Waals surface area contributed by atoms with Gasteiger partial charge in [-0.2, -0.15) is 0 Å². The van der Waals surface area contributed by atoms with Crippen molar-refractivity contribution in [3.05, 3.63) is 64.7 Å². The van der Waals surface area contributed by atoms with Crippen LogP contribution in [0.2, 0.25) is 5.02 Å². The van der Waals surface area contributed by atoms with Gasteiger partial charge in [-0.1, -0.05) is 11.6 Å². The van der Waals surface area contributed by atoms with E-state index in [4.69, 9.17) is 11.6 Å². The lowest BCUT2D eigenvalue weighted by Crippen LogP contribution is -2.56. The maximum Gasteiger partial charge on any atom is 0.255 e. The quantitative estimate of drug-likeness (QED) is 0.779. The van der Waals surface area contributed by atoms with Gasteiger partial charge in [0, 0.05) is 13.1 Å². The Hall–Kier alpha value is -1.99. The van der Waals surface area contributed by atoms with Gasteiger partial charge in [0.25, 0.3) is 5.91 Å². The van der Waals surface area contributed by atoms with Crippen molar-refractivity contribution >= 4 is 27.3 Å². The highest BCUT2D eigenvalue weighted by atomic mass is 35.5. The Morgan fingerprint density at radius 2 is 1.62 bits per heavy atom. The van der Waals surface area contributed by atoms with Crippen molar-refractivity contribution in [2.45, 2.75) is 10.1 Å². The zero-order valence-corrected chi connectivity index (χ0v) is 13.8. The monoisotopic (exact) mass is 371 g/mol. The molecule has 1 fully saturated rings. The van der Waals surface area contributed by atoms with E-state index in [0.29, 0.717) is 0 Å². The Morgan fingerprint density at radius 1 is 1.04 bits per heavy atom. The third-order valence-electron chi connectivity index (χ3n) is 3.88. The molecule has 4 nitrogen and oxygen atoms in total. The predicted molar refractivity (Wildman–Crippen MR) is 84.7 cm³/mol. The average Bonchev–Trinajstić information content (AvgIpc) is 2.45. The Bertz CT molecular complexity index is 894. The first kappa shape index (κ1) is 16.9. The molecule has 0 saturated carbocycles. The molecule has 2 aromatic rings. The van der Waals surface area contributed by atoms with E-state index in [-0.39, 0.29) is 28.6 Å². The number of rotatable bonds is 3. The van der Waals surface area contributed by atoms with E-state index < -0.39 is 32.6 Å². The van der Waals surface area contributed by atoms with Gasteiger partial charge in [-0.3, -0.25) is 4.79 Å². The second-order valence-electron chi connectivity index (χ2n) is 5.46. The third-order valence-corrected chi connectivity index (χ3v) is 6.30. The fourth-order valence-electron chi connectivity index (χ4n) is 2.45. The summed E-state index contributed by atoms with van der Waals surface area (Å²) in [6.07, 6.45) is 0. The summed E-state index contributed by atoms with van der Waals surface area (Å²) in [5.74, 6) is -1.53. The number of hydrogen-bond donors (Lipinski definition) is 0. The molecule has 0 spiro atoms. The zero-order valence-electron chi connectivity index (χ0n) is 12.2. The van der Waals surface area contributed by atoms with Crippen molar-refractivity contribution in [1.82, 2.24) is 4.90 Å². The minimum Gasteiger partial charge on any atom is -0.336 e. The van der Waals surface area contributed by atoms with Gasteiger partial charge >= 0.3 is 0 Å². The van der Waals surface area contributed by atoms with Gasteiger partial charge in [0.05, 0.1) is 15.5 Å². The van der Waals surface area contributed by atoms with Gasteiger partial charge in [0.15, 0.2) is 9.84 Å². The molecule has 0 bridgehead atoms. The van der Waals surface area contributed by atoms with Crippen LogP contribution < -0.4 is 0 Å². The normalized spacial score (nSPS) is 15.2. The van der Waals surface area contributed by atoms with E-state index in [1.54, 1.807) is 0 Å². The van der Waals surface area contributed by atoms with Gasteiger partial charge in [0.1, 0.15) is 16.9 Å². The average molecular weight is 372 g/mol. The lowest BCUT2D eigenvalue weighted by atomic mass is 10.1. The number of carbonyl (C=O) groups is 1. The molecule has 1 aliphatic rings. The second kappa shape index (κ2) is 6.14. The summed E-state index contributed by atoms with van der Waals surface area (Å²) in [5, 5.41) is -0.782. The Kier molecular flexibility index (Phi) is 4.31. The largest absolute Gasteiger partial charge is 0.336 e. The van der Waals surface area contributed by atoms with E-state index in [1.807, 2.05) is 0 Å². The summed E-state index contributed by atoms with van der Waals surface area (Å²) in [4.78, 5) is 13.6. The van der Waals surface area contributed by atoms with Crippen LogP contribution in [0.15, 0.2) is 47.4 Å². The van der Waals surface area contributed by atoms with Crippen LogP contribution in [0, 0.1) is 11.6 Å². The predicted octanol–water partition coefficient (Wildman–Crippen LogP) is 2.92. The van der Waals surface area contributed by atoms with Crippen molar-refractivity contribution in [1.29, 1.82) is 0 Å². The molecule has 1 saturated heterocycles. The zero-order chi connectivity index (χ0) is 17.5. The number of nitrogens with zero attached hydrogens (tertiary/aromatic N) is 1. The lowest BCUT2D eigenvalue weighted by Gasteiger charge is -2.38. The molecule has 8 heteroatoms. The molecule has 1 heterocycles. The maximum absolute atomic E-state index is 13.0. The van der Waals surface area contributed by atoms with E-state index in [1.165, 1.54) is 23.1 Å². The molecular weight excluding hydrogens is 360 g/mol. The van der Waals surface area contributed by atoms with Crippen molar-refractivity contribution in [2.75, 3.05) is 13.1 Å². The molecule has 0 radical (unpaired) electrons. The van der Waals surface area contributed by atoms with E-state index in [0.717, 1.165) is 24.3 Å². The van der Waals surface area contributed by atoms with Crippen LogP contribution in [0.5, 0.6) is 0 Å². The molecule has 2 aromatic carbocycles. The van der Waals surface area contributed by atoms with Crippen molar-refractivity contribution in [2.24, 2.45) is 0 Å². The van der Waals surface area contributed by atoms with Crippen molar-refractivity contribution in [3.63, 3.8) is 0 Å². The third kappa shape index (κ3) is 3.01. The van der Waals surface area contributed by atoms with Crippen LogP contribution in [-0.4, -0.2) is 37.6 Å². The number of sulfone groups is 1. The van der Waals surface area contributed by atoms with Gasteiger partial charge in [-0.25, -0.2) is 17.2 Å². The summed E-state index contributed by atoms with van der Waals surface area (Å²) in [6, 6.07) is 7.96. The number of hydrogen-bond acceptors (Lipinski definition) is 3. The molecule has 24 heavy (non-hydrogen) atoms. The summed E-state index contributed by atoms with van der Waals surface area (Å²) in [7, 11) is -3.64. The van der Waals surface area contributed by atoms with Crippen LogP contribution in [0.3, 0.4) is 0 Å². The first-order valence-corrected chi connectivity index (χ1v) is 8.95. The molecule has 1 aliphatic heterocycles. The highest BCUT2D eigenvalue weighted by Gasteiger charge is 2.41. The van der Waals surface area contributed by atoms with E-state index in [2.05, 4.69) is 0 Å². The van der Waals surface area contributed by atoms with E-state index in [9.17, 15) is 22.0 Å². The first-order chi connectivity index (χ1) is 11.3. The fraction of sp³-hybridized carbons (Fsp3) is 0.188. The molecule has 126 valence electrons. The van der Waals surface area contributed by atoms with Crippen molar-refractivity contribution in [3.8, 4) is 0 Å². The molecule has 0 N–H and O–H groups in total. The number of carbonyl (C=O) groups excluding carboxylic acids is 1. The van der Waals surface area contributed by atoms with Gasteiger partial charge in [-0.15, -0.1) is 0 Å². The Labute approximate surface area is 142 Å². The molecule has 1 amide bonds. The smallest absolute Gasteiger partial charge is 0.255 e. The highest BCUT2D eigenvalue weighted by Crippen LogP contribution is 2.27. The van der Waals surface area contributed by atoms with E-state index >= 15 is 0 Å². The van der Waals surface area contributed by atoms with Gasteiger partial charge < -0.3 is 4.90 Å². The summed E-state index contributed by atoms with van der Waals surface area (Å²) >= 11 is 5.85. The molecule has 3 rings (SSSR count).